The Morgan fingerprint density at radius 1 is 1.33 bits per heavy atom. The molecule has 21 heavy (non-hydrogen) atoms. The van der Waals surface area contributed by atoms with Crippen molar-refractivity contribution in [2.45, 2.75) is 39.3 Å². The van der Waals surface area contributed by atoms with Crippen molar-refractivity contribution in [1.29, 1.82) is 0 Å². The maximum Gasteiger partial charge on any atom is 0.124 e. The highest BCUT2D eigenvalue weighted by Crippen LogP contribution is 2.26. The van der Waals surface area contributed by atoms with Gasteiger partial charge in [-0.3, -0.25) is 0 Å². The summed E-state index contributed by atoms with van der Waals surface area (Å²) in [7, 11) is 1.69. The fourth-order valence-electron chi connectivity index (χ4n) is 2.24. The molecule has 1 aliphatic heterocycles. The molecule has 0 radical (unpaired) electrons. The van der Waals surface area contributed by atoms with Gasteiger partial charge in [0.25, 0.3) is 0 Å². The molecule has 1 atom stereocenters. The van der Waals surface area contributed by atoms with Crippen LogP contribution in [0.4, 0.5) is 0 Å². The van der Waals surface area contributed by atoms with Crippen LogP contribution in [-0.2, 0) is 11.3 Å². The van der Waals surface area contributed by atoms with Crippen LogP contribution >= 0.6 is 0 Å². The molecule has 0 aromatic heterocycles. The molecule has 0 spiro atoms. The van der Waals surface area contributed by atoms with Gasteiger partial charge in [0, 0.05) is 30.2 Å². The molecular weight excluding hydrogens is 266 g/mol. The molecule has 1 saturated heterocycles. The van der Waals surface area contributed by atoms with Gasteiger partial charge in [-0.05, 0) is 45.4 Å². The third-order valence-electron chi connectivity index (χ3n) is 3.58. The molecule has 1 N–H and O–H groups in total. The second kappa shape index (κ2) is 7.14. The van der Waals surface area contributed by atoms with Crippen molar-refractivity contribution in [3.8, 4) is 11.5 Å². The summed E-state index contributed by atoms with van der Waals surface area (Å²) in [6.45, 7) is 9.61. The zero-order valence-electron chi connectivity index (χ0n) is 13.6. The molecule has 0 bridgehead atoms. The summed E-state index contributed by atoms with van der Waals surface area (Å²) in [5.41, 5.74) is 1.20. The Labute approximate surface area is 127 Å². The predicted octanol–water partition coefficient (Wildman–Crippen LogP) is 3.00. The number of hydrogen-bond acceptors (Lipinski definition) is 4. The fraction of sp³-hybridized carbons (Fsp3) is 0.647. The summed E-state index contributed by atoms with van der Waals surface area (Å²) < 4.78 is 16.7. The van der Waals surface area contributed by atoms with Gasteiger partial charge in [-0.15, -0.1) is 0 Å². The summed E-state index contributed by atoms with van der Waals surface area (Å²) in [6.07, 6.45) is 1.09. The first kappa shape index (κ1) is 16.1. The Morgan fingerprint density at radius 3 is 2.76 bits per heavy atom. The highest BCUT2D eigenvalue weighted by molar-refractivity contribution is 5.40. The quantitative estimate of drug-likeness (QED) is 0.875. The minimum absolute atomic E-state index is 0.0691. The second-order valence-corrected chi connectivity index (χ2v) is 6.62. The van der Waals surface area contributed by atoms with Crippen molar-refractivity contribution < 1.29 is 14.2 Å². The first-order valence-corrected chi connectivity index (χ1v) is 7.60. The number of benzene rings is 1. The Kier molecular flexibility index (Phi) is 5.48. The van der Waals surface area contributed by atoms with E-state index in [0.29, 0.717) is 5.92 Å². The first-order valence-electron chi connectivity index (χ1n) is 7.60. The number of nitrogens with one attached hydrogen (secondary N) is 1. The Hall–Kier alpha value is -1.26. The monoisotopic (exact) mass is 293 g/mol. The topological polar surface area (TPSA) is 39.7 Å². The van der Waals surface area contributed by atoms with Crippen LogP contribution < -0.4 is 14.8 Å². The Morgan fingerprint density at radius 2 is 2.14 bits per heavy atom. The molecule has 2 rings (SSSR count). The molecular formula is C17H27NO3. The molecule has 4 heteroatoms. The van der Waals surface area contributed by atoms with E-state index >= 15 is 0 Å². The lowest BCUT2D eigenvalue weighted by molar-refractivity contribution is 0.166. The van der Waals surface area contributed by atoms with Gasteiger partial charge in [-0.25, -0.2) is 0 Å². The predicted molar refractivity (Wildman–Crippen MR) is 84.0 cm³/mol. The van der Waals surface area contributed by atoms with E-state index in [9.17, 15) is 0 Å². The lowest BCUT2D eigenvalue weighted by Gasteiger charge is -2.22. The largest absolute Gasteiger partial charge is 0.497 e. The second-order valence-electron chi connectivity index (χ2n) is 6.62. The van der Waals surface area contributed by atoms with Crippen LogP contribution in [-0.4, -0.2) is 32.5 Å². The van der Waals surface area contributed by atoms with Crippen LogP contribution in [0.1, 0.15) is 32.8 Å². The highest BCUT2D eigenvalue weighted by atomic mass is 16.5. The van der Waals surface area contributed by atoms with Crippen molar-refractivity contribution in [3.05, 3.63) is 23.8 Å². The molecule has 1 fully saturated rings. The van der Waals surface area contributed by atoms with Crippen LogP contribution in [0.5, 0.6) is 11.5 Å². The van der Waals surface area contributed by atoms with Gasteiger partial charge in [0.2, 0.25) is 0 Å². The smallest absolute Gasteiger partial charge is 0.124 e. The van der Waals surface area contributed by atoms with Gasteiger partial charge >= 0.3 is 0 Å². The minimum atomic E-state index is 0.0691. The van der Waals surface area contributed by atoms with Gasteiger partial charge in [0.15, 0.2) is 0 Å². The van der Waals surface area contributed by atoms with Crippen molar-refractivity contribution in [2.24, 2.45) is 5.92 Å². The SMILES string of the molecule is COc1ccc(OCC2CCOC2)c(CNC(C)(C)C)c1. The van der Waals surface area contributed by atoms with E-state index in [-0.39, 0.29) is 5.54 Å². The van der Waals surface area contributed by atoms with Crippen LogP contribution in [0.25, 0.3) is 0 Å². The summed E-state index contributed by atoms with van der Waals surface area (Å²) in [5.74, 6) is 2.30. The van der Waals surface area contributed by atoms with Crippen LogP contribution in [0.2, 0.25) is 0 Å². The van der Waals surface area contributed by atoms with Crippen LogP contribution in [0, 0.1) is 5.92 Å². The maximum atomic E-state index is 6.01. The maximum absolute atomic E-state index is 6.01. The zero-order valence-corrected chi connectivity index (χ0v) is 13.6. The number of methoxy groups -OCH3 is 1. The van der Waals surface area contributed by atoms with E-state index in [1.54, 1.807) is 7.11 Å². The van der Waals surface area contributed by atoms with E-state index in [4.69, 9.17) is 14.2 Å². The van der Waals surface area contributed by atoms with Crippen LogP contribution in [0.3, 0.4) is 0 Å². The van der Waals surface area contributed by atoms with Gasteiger partial charge in [0.05, 0.1) is 20.3 Å². The van der Waals surface area contributed by atoms with Gasteiger partial charge in [-0.1, -0.05) is 0 Å². The van der Waals surface area contributed by atoms with E-state index in [0.717, 1.165) is 49.8 Å². The van der Waals surface area contributed by atoms with E-state index in [2.05, 4.69) is 26.1 Å². The summed E-state index contributed by atoms with van der Waals surface area (Å²) in [6, 6.07) is 5.98. The van der Waals surface area contributed by atoms with E-state index in [1.165, 1.54) is 0 Å². The van der Waals surface area contributed by atoms with Gasteiger partial charge in [-0.2, -0.15) is 0 Å². The Bertz CT molecular complexity index is 448. The third-order valence-corrected chi connectivity index (χ3v) is 3.58. The molecule has 0 aliphatic carbocycles. The van der Waals surface area contributed by atoms with E-state index in [1.807, 2.05) is 18.2 Å². The lowest BCUT2D eigenvalue weighted by atomic mass is 10.1. The first-order chi connectivity index (χ1) is 9.98. The van der Waals surface area contributed by atoms with Gasteiger partial charge in [0.1, 0.15) is 11.5 Å². The zero-order chi connectivity index (χ0) is 15.3. The molecule has 4 nitrogen and oxygen atoms in total. The van der Waals surface area contributed by atoms with Crippen LogP contribution in [0.15, 0.2) is 18.2 Å². The highest BCUT2D eigenvalue weighted by Gasteiger charge is 2.17. The van der Waals surface area contributed by atoms with Crippen molar-refractivity contribution in [1.82, 2.24) is 5.32 Å². The molecule has 0 amide bonds. The molecule has 1 aromatic carbocycles. The Balaban J connectivity index is 2.03. The summed E-state index contributed by atoms with van der Waals surface area (Å²) in [5, 5.41) is 3.50. The standard InChI is InChI=1S/C17H27NO3/c1-17(2,3)18-10-14-9-15(19-4)5-6-16(14)21-12-13-7-8-20-11-13/h5-6,9,13,18H,7-8,10-12H2,1-4H3. The molecule has 1 heterocycles. The fourth-order valence-corrected chi connectivity index (χ4v) is 2.24. The van der Waals surface area contributed by atoms with Gasteiger partial charge < -0.3 is 19.5 Å². The normalized spacial score (nSPS) is 18.8. The number of ether oxygens (including phenoxy) is 3. The summed E-state index contributed by atoms with van der Waals surface area (Å²) >= 11 is 0. The molecule has 1 aromatic rings. The molecule has 0 saturated carbocycles. The number of rotatable bonds is 6. The minimum Gasteiger partial charge on any atom is -0.497 e. The number of hydrogen-bond donors (Lipinski definition) is 1. The summed E-state index contributed by atoms with van der Waals surface area (Å²) in [4.78, 5) is 0. The third kappa shape index (κ3) is 5.21. The molecule has 1 aliphatic rings. The van der Waals surface area contributed by atoms with Crippen molar-refractivity contribution in [2.75, 3.05) is 26.9 Å². The lowest BCUT2D eigenvalue weighted by Crippen LogP contribution is -2.35. The van der Waals surface area contributed by atoms with Crippen molar-refractivity contribution in [3.63, 3.8) is 0 Å². The average molecular weight is 293 g/mol. The average Bonchev–Trinajstić information content (AvgIpc) is 2.95. The van der Waals surface area contributed by atoms with E-state index < -0.39 is 0 Å². The molecule has 118 valence electrons. The molecule has 1 unspecified atom stereocenters. The van der Waals surface area contributed by atoms with Crippen molar-refractivity contribution >= 4 is 0 Å².